The number of carbonyl (C=O) groups excluding carboxylic acids is 3. The van der Waals surface area contributed by atoms with Crippen molar-refractivity contribution in [2.45, 2.75) is 25.6 Å². The van der Waals surface area contributed by atoms with E-state index in [0.717, 1.165) is 5.56 Å². The first-order chi connectivity index (χ1) is 21.7. The standard InChI is InChI=1S/C33H29ClN4O7/c1-44-26-6-3-5-23(15-26)19-37-20-31(39)36-28(32(40)35-18-21-8-11-25(34)12-9-21)16-22-4-2-7-27(14-22)45-30-17-24(33(37)41)10-13-29(30)38(42)43/h2-15,17,28H,16,18-20H2,1H3,(H,35,40)(H,36,39). The van der Waals surface area contributed by atoms with Crippen LogP contribution in [0.5, 0.6) is 17.2 Å². The summed E-state index contributed by atoms with van der Waals surface area (Å²) in [5.41, 5.74) is 1.88. The number of rotatable bonds is 7. The van der Waals surface area contributed by atoms with Crippen LogP contribution in [0.25, 0.3) is 0 Å². The molecule has 45 heavy (non-hydrogen) atoms. The Hall–Kier alpha value is -5.42. The monoisotopic (exact) mass is 628 g/mol. The largest absolute Gasteiger partial charge is 0.497 e. The molecule has 0 aromatic heterocycles. The third-order valence-electron chi connectivity index (χ3n) is 7.13. The maximum absolute atomic E-state index is 13.8. The van der Waals surface area contributed by atoms with E-state index in [-0.39, 0.29) is 42.3 Å². The highest BCUT2D eigenvalue weighted by molar-refractivity contribution is 6.30. The van der Waals surface area contributed by atoms with Gasteiger partial charge < -0.3 is 25.0 Å². The Balaban J connectivity index is 1.50. The summed E-state index contributed by atoms with van der Waals surface area (Å²) >= 11 is 5.97. The molecule has 230 valence electrons. The van der Waals surface area contributed by atoms with Crippen LogP contribution in [0, 0.1) is 10.1 Å². The first-order valence-corrected chi connectivity index (χ1v) is 14.4. The number of nitro groups is 1. The van der Waals surface area contributed by atoms with Crippen LogP contribution in [0.1, 0.15) is 27.0 Å². The average molecular weight is 629 g/mol. The van der Waals surface area contributed by atoms with E-state index < -0.39 is 35.2 Å². The molecule has 1 aliphatic rings. The second-order valence-electron chi connectivity index (χ2n) is 10.4. The molecular weight excluding hydrogens is 600 g/mol. The van der Waals surface area contributed by atoms with Gasteiger partial charge in [0.2, 0.25) is 17.6 Å². The van der Waals surface area contributed by atoms with Crippen molar-refractivity contribution in [1.82, 2.24) is 15.5 Å². The topological polar surface area (TPSA) is 140 Å². The summed E-state index contributed by atoms with van der Waals surface area (Å²) in [6.45, 7) is -0.183. The van der Waals surface area contributed by atoms with Gasteiger partial charge in [0.25, 0.3) is 5.91 Å². The lowest BCUT2D eigenvalue weighted by atomic mass is 10.0. The summed E-state index contributed by atoms with van der Waals surface area (Å²) in [5.74, 6) is -0.883. The Kier molecular flexibility index (Phi) is 9.59. The molecule has 4 aromatic carbocycles. The molecule has 5 rings (SSSR count). The number of nitrogens with zero attached hydrogens (tertiary/aromatic N) is 2. The minimum Gasteiger partial charge on any atom is -0.497 e. The van der Waals surface area contributed by atoms with E-state index >= 15 is 0 Å². The second kappa shape index (κ2) is 13.9. The van der Waals surface area contributed by atoms with Gasteiger partial charge in [-0.3, -0.25) is 24.5 Å². The quantitative estimate of drug-likeness (QED) is 0.216. The molecule has 0 radical (unpaired) electrons. The molecule has 3 amide bonds. The zero-order valence-electron chi connectivity index (χ0n) is 24.2. The molecule has 4 aromatic rings. The van der Waals surface area contributed by atoms with Gasteiger partial charge in [-0.05, 0) is 59.2 Å². The number of methoxy groups -OCH3 is 1. The summed E-state index contributed by atoms with van der Waals surface area (Å²) in [7, 11) is 1.52. The van der Waals surface area contributed by atoms with Gasteiger partial charge in [-0.2, -0.15) is 0 Å². The average Bonchev–Trinajstić information content (AvgIpc) is 3.03. The Bertz CT molecular complexity index is 1750. The zero-order valence-corrected chi connectivity index (χ0v) is 25.0. The molecule has 0 aliphatic carbocycles. The molecule has 12 heteroatoms. The highest BCUT2D eigenvalue weighted by atomic mass is 35.5. The zero-order chi connectivity index (χ0) is 31.9. The molecule has 2 N–H and O–H groups in total. The Morgan fingerprint density at radius 1 is 1.04 bits per heavy atom. The summed E-state index contributed by atoms with van der Waals surface area (Å²) < 4.78 is 11.2. The van der Waals surface area contributed by atoms with Crippen molar-refractivity contribution in [2.24, 2.45) is 0 Å². The summed E-state index contributed by atoms with van der Waals surface area (Å²) in [4.78, 5) is 53.3. The van der Waals surface area contributed by atoms with E-state index in [9.17, 15) is 24.5 Å². The number of fused-ring (bicyclic) bond motifs is 4. The smallest absolute Gasteiger partial charge is 0.311 e. The molecule has 0 fully saturated rings. The van der Waals surface area contributed by atoms with Crippen molar-refractivity contribution in [3.63, 3.8) is 0 Å². The third-order valence-corrected chi connectivity index (χ3v) is 7.38. The number of hydrogen-bond donors (Lipinski definition) is 2. The van der Waals surface area contributed by atoms with Gasteiger partial charge in [0, 0.05) is 42.2 Å². The minimum atomic E-state index is -1.01. The lowest BCUT2D eigenvalue weighted by molar-refractivity contribution is -0.385. The minimum absolute atomic E-state index is 0.0170. The highest BCUT2D eigenvalue weighted by Gasteiger charge is 2.27. The second-order valence-corrected chi connectivity index (χ2v) is 10.8. The fourth-order valence-corrected chi connectivity index (χ4v) is 5.01. The van der Waals surface area contributed by atoms with Crippen molar-refractivity contribution in [3.8, 4) is 17.2 Å². The van der Waals surface area contributed by atoms with E-state index in [0.29, 0.717) is 21.9 Å². The number of ether oxygens (including phenoxy) is 2. The summed E-state index contributed by atoms with van der Waals surface area (Å²) in [6.07, 6.45) is 0.0847. The van der Waals surface area contributed by atoms with E-state index in [1.165, 1.54) is 30.2 Å². The van der Waals surface area contributed by atoms with Crippen LogP contribution in [0.3, 0.4) is 0 Å². The van der Waals surface area contributed by atoms with Crippen LogP contribution in [-0.2, 0) is 29.1 Å². The van der Waals surface area contributed by atoms with Gasteiger partial charge in [-0.1, -0.05) is 48.0 Å². The van der Waals surface area contributed by atoms with E-state index in [1.807, 2.05) is 0 Å². The molecule has 1 atom stereocenters. The highest BCUT2D eigenvalue weighted by Crippen LogP contribution is 2.33. The van der Waals surface area contributed by atoms with Gasteiger partial charge in [0.05, 0.1) is 12.0 Å². The van der Waals surface area contributed by atoms with E-state index in [1.54, 1.807) is 72.8 Å². The van der Waals surface area contributed by atoms with Crippen molar-refractivity contribution in [2.75, 3.05) is 13.7 Å². The molecule has 0 saturated carbocycles. The lowest BCUT2D eigenvalue weighted by Crippen LogP contribution is -2.51. The van der Waals surface area contributed by atoms with E-state index in [4.69, 9.17) is 21.1 Å². The summed E-state index contributed by atoms with van der Waals surface area (Å²) in [5, 5.41) is 18.0. The molecular formula is C33H29ClN4O7. The van der Waals surface area contributed by atoms with Crippen LogP contribution in [0.15, 0.2) is 91.0 Å². The Labute approximate surface area is 263 Å². The van der Waals surface area contributed by atoms with Gasteiger partial charge in [-0.15, -0.1) is 0 Å². The predicted molar refractivity (Wildman–Crippen MR) is 166 cm³/mol. The first kappa shape index (κ1) is 31.0. The number of amides is 3. The van der Waals surface area contributed by atoms with Crippen LogP contribution < -0.4 is 20.1 Å². The Morgan fingerprint density at radius 3 is 2.58 bits per heavy atom. The van der Waals surface area contributed by atoms with Crippen molar-refractivity contribution >= 4 is 35.0 Å². The number of nitrogens with one attached hydrogen (secondary N) is 2. The van der Waals surface area contributed by atoms with Crippen LogP contribution in [0.2, 0.25) is 5.02 Å². The van der Waals surface area contributed by atoms with Crippen molar-refractivity contribution < 1.29 is 28.8 Å². The molecule has 1 heterocycles. The normalized spacial score (nSPS) is 14.9. The number of benzene rings is 4. The van der Waals surface area contributed by atoms with Gasteiger partial charge in [0.15, 0.2) is 0 Å². The predicted octanol–water partition coefficient (Wildman–Crippen LogP) is 5.05. The molecule has 1 aliphatic heterocycles. The molecule has 0 saturated heterocycles. The lowest BCUT2D eigenvalue weighted by Gasteiger charge is -2.25. The molecule has 1 unspecified atom stereocenters. The maximum atomic E-state index is 13.8. The number of halogens is 1. The fraction of sp³-hybridized carbons (Fsp3) is 0.182. The number of nitro benzene ring substituents is 1. The third kappa shape index (κ3) is 7.95. The van der Waals surface area contributed by atoms with Gasteiger partial charge in [-0.25, -0.2) is 0 Å². The van der Waals surface area contributed by atoms with Crippen LogP contribution >= 0.6 is 11.6 Å². The SMILES string of the molecule is COc1cccc(CN2CC(=O)NC(C(=O)NCc3ccc(Cl)cc3)Cc3cccc(c3)Oc3cc(ccc3[N+](=O)[O-])C2=O)c1. The van der Waals surface area contributed by atoms with Gasteiger partial charge in [0.1, 0.15) is 24.1 Å². The number of hydrogen-bond acceptors (Lipinski definition) is 7. The molecule has 0 spiro atoms. The van der Waals surface area contributed by atoms with E-state index in [2.05, 4.69) is 10.6 Å². The van der Waals surface area contributed by atoms with Gasteiger partial charge >= 0.3 is 5.69 Å². The Morgan fingerprint density at radius 2 is 1.82 bits per heavy atom. The van der Waals surface area contributed by atoms with Crippen molar-refractivity contribution in [3.05, 3.63) is 128 Å². The molecule has 11 nitrogen and oxygen atoms in total. The van der Waals surface area contributed by atoms with Crippen LogP contribution in [0.4, 0.5) is 5.69 Å². The fourth-order valence-electron chi connectivity index (χ4n) is 4.89. The van der Waals surface area contributed by atoms with Crippen molar-refractivity contribution in [1.29, 1.82) is 0 Å². The maximum Gasteiger partial charge on any atom is 0.311 e. The van der Waals surface area contributed by atoms with Crippen LogP contribution in [-0.4, -0.2) is 47.2 Å². The molecule has 4 bridgehead atoms. The number of carbonyl (C=O) groups is 3. The first-order valence-electron chi connectivity index (χ1n) is 14.0. The summed E-state index contributed by atoms with van der Waals surface area (Å²) in [6, 6.07) is 23.5.